The van der Waals surface area contributed by atoms with E-state index in [9.17, 15) is 13.6 Å². The summed E-state index contributed by atoms with van der Waals surface area (Å²) in [5, 5.41) is 12.9. The van der Waals surface area contributed by atoms with Crippen LogP contribution in [0, 0.1) is 11.6 Å². The highest BCUT2D eigenvalue weighted by molar-refractivity contribution is 9.10. The highest BCUT2D eigenvalue weighted by atomic mass is 79.9. The average Bonchev–Trinajstić information content (AvgIpc) is 2.60. The van der Waals surface area contributed by atoms with Gasteiger partial charge in [0.05, 0.1) is 16.6 Å². The number of hydrogen-bond acceptors (Lipinski definition) is 2. The number of benzene rings is 1. The Kier molecular flexibility index (Phi) is 3.66. The fourth-order valence-electron chi connectivity index (χ4n) is 1.70. The normalized spacial score (nSPS) is 10.7. The van der Waals surface area contributed by atoms with Gasteiger partial charge >= 0.3 is 5.97 Å². The van der Waals surface area contributed by atoms with Gasteiger partial charge in [-0.1, -0.05) is 0 Å². The highest BCUT2D eigenvalue weighted by Crippen LogP contribution is 2.31. The summed E-state index contributed by atoms with van der Waals surface area (Å²) in [6.45, 7) is 0. The Hall–Kier alpha value is -1.76. The van der Waals surface area contributed by atoms with Crippen LogP contribution in [0.3, 0.4) is 0 Å². The predicted molar refractivity (Wildman–Crippen MR) is 67.6 cm³/mol. The molecule has 2 aromatic rings. The van der Waals surface area contributed by atoms with E-state index < -0.39 is 17.6 Å². The van der Waals surface area contributed by atoms with Gasteiger partial charge in [0.15, 0.2) is 11.6 Å². The summed E-state index contributed by atoms with van der Waals surface area (Å²) in [6, 6.07) is 3.41. The Balaban J connectivity index is 2.51. The summed E-state index contributed by atoms with van der Waals surface area (Å²) in [4.78, 5) is 10.7. The van der Waals surface area contributed by atoms with Crippen LogP contribution in [0.2, 0.25) is 0 Å². The molecule has 0 amide bonds. The number of carboxylic acids is 1. The summed E-state index contributed by atoms with van der Waals surface area (Å²) in [7, 11) is 1.59. The molecule has 0 unspecified atom stereocenters. The molecule has 0 aliphatic carbocycles. The summed E-state index contributed by atoms with van der Waals surface area (Å²) >= 11 is 3.25. The van der Waals surface area contributed by atoms with E-state index in [1.165, 1.54) is 10.7 Å². The van der Waals surface area contributed by atoms with E-state index in [2.05, 4.69) is 21.0 Å². The van der Waals surface area contributed by atoms with Crippen molar-refractivity contribution < 1.29 is 18.7 Å². The molecule has 4 nitrogen and oxygen atoms in total. The Morgan fingerprint density at radius 3 is 2.68 bits per heavy atom. The Bertz CT molecular complexity index is 655. The first-order valence-electron chi connectivity index (χ1n) is 5.28. The average molecular weight is 331 g/mol. The number of nitrogens with zero attached hydrogens (tertiary/aromatic N) is 2. The molecule has 1 aromatic heterocycles. The molecular formula is C12H9BrF2N2O2. The maximum absolute atomic E-state index is 13.2. The van der Waals surface area contributed by atoms with Crippen LogP contribution in [0.4, 0.5) is 8.78 Å². The van der Waals surface area contributed by atoms with Crippen LogP contribution in [0.15, 0.2) is 22.7 Å². The second kappa shape index (κ2) is 5.08. The zero-order chi connectivity index (χ0) is 14.2. The molecule has 19 heavy (non-hydrogen) atoms. The quantitative estimate of drug-likeness (QED) is 0.941. The van der Waals surface area contributed by atoms with E-state index in [1.54, 1.807) is 7.05 Å². The van der Waals surface area contributed by atoms with Gasteiger partial charge in [0.25, 0.3) is 0 Å². The van der Waals surface area contributed by atoms with E-state index >= 15 is 0 Å². The molecular weight excluding hydrogens is 322 g/mol. The van der Waals surface area contributed by atoms with Crippen molar-refractivity contribution in [1.29, 1.82) is 0 Å². The van der Waals surface area contributed by atoms with Gasteiger partial charge in [-0.25, -0.2) is 8.78 Å². The van der Waals surface area contributed by atoms with Crippen LogP contribution in [0.1, 0.15) is 5.69 Å². The van der Waals surface area contributed by atoms with Gasteiger partial charge in [0, 0.05) is 12.6 Å². The standard InChI is InChI=1S/C12H9BrF2N2O2/c1-17-9(5-10(18)19)11(13)12(16-17)6-2-3-7(14)8(15)4-6/h2-4H,5H2,1H3,(H,18,19). The molecule has 2 rings (SSSR count). The van der Waals surface area contributed by atoms with Gasteiger partial charge in [-0.2, -0.15) is 5.10 Å². The third kappa shape index (κ3) is 2.65. The number of carbonyl (C=O) groups is 1. The van der Waals surface area contributed by atoms with Crippen molar-refractivity contribution in [2.45, 2.75) is 6.42 Å². The van der Waals surface area contributed by atoms with E-state index in [0.717, 1.165) is 12.1 Å². The van der Waals surface area contributed by atoms with Crippen molar-refractivity contribution in [3.05, 3.63) is 40.0 Å². The number of halogens is 3. The minimum Gasteiger partial charge on any atom is -0.481 e. The van der Waals surface area contributed by atoms with Crippen molar-refractivity contribution in [3.63, 3.8) is 0 Å². The van der Waals surface area contributed by atoms with Crippen LogP contribution in [-0.4, -0.2) is 20.9 Å². The monoisotopic (exact) mass is 330 g/mol. The Labute approximate surface area is 115 Å². The molecule has 0 atom stereocenters. The molecule has 0 aliphatic rings. The second-order valence-corrected chi connectivity index (χ2v) is 4.73. The molecule has 1 aromatic carbocycles. The van der Waals surface area contributed by atoms with Crippen LogP contribution in [0.25, 0.3) is 11.3 Å². The molecule has 1 N–H and O–H groups in total. The minimum atomic E-state index is -1.000. The fourth-order valence-corrected chi connectivity index (χ4v) is 2.40. The lowest BCUT2D eigenvalue weighted by Gasteiger charge is -1.99. The lowest BCUT2D eigenvalue weighted by Crippen LogP contribution is -2.06. The first-order valence-corrected chi connectivity index (χ1v) is 6.08. The van der Waals surface area contributed by atoms with Gasteiger partial charge in [-0.3, -0.25) is 9.48 Å². The predicted octanol–water partition coefficient (Wildman–Crippen LogP) is 2.75. The Morgan fingerprint density at radius 1 is 1.42 bits per heavy atom. The lowest BCUT2D eigenvalue weighted by atomic mass is 10.1. The van der Waals surface area contributed by atoms with E-state index in [4.69, 9.17) is 5.11 Å². The summed E-state index contributed by atoms with van der Waals surface area (Å²) in [6.07, 6.45) is -0.215. The van der Waals surface area contributed by atoms with Gasteiger partial charge in [-0.05, 0) is 34.1 Å². The van der Waals surface area contributed by atoms with Crippen molar-refractivity contribution in [3.8, 4) is 11.3 Å². The highest BCUT2D eigenvalue weighted by Gasteiger charge is 2.18. The number of aliphatic carboxylic acids is 1. The number of rotatable bonds is 3. The molecule has 1 heterocycles. The van der Waals surface area contributed by atoms with Crippen molar-refractivity contribution >= 4 is 21.9 Å². The largest absolute Gasteiger partial charge is 0.481 e. The molecule has 0 fully saturated rings. The molecule has 100 valence electrons. The smallest absolute Gasteiger partial charge is 0.309 e. The van der Waals surface area contributed by atoms with Gasteiger partial charge in [0.1, 0.15) is 5.69 Å². The number of hydrogen-bond donors (Lipinski definition) is 1. The maximum Gasteiger partial charge on any atom is 0.309 e. The first-order chi connectivity index (χ1) is 8.90. The molecule has 0 radical (unpaired) electrons. The van der Waals surface area contributed by atoms with Crippen LogP contribution in [0.5, 0.6) is 0 Å². The SMILES string of the molecule is Cn1nc(-c2ccc(F)c(F)c2)c(Br)c1CC(=O)O. The van der Waals surface area contributed by atoms with E-state index in [-0.39, 0.29) is 6.42 Å². The summed E-state index contributed by atoms with van der Waals surface area (Å²) < 4.78 is 27.9. The van der Waals surface area contributed by atoms with Crippen molar-refractivity contribution in [2.24, 2.45) is 7.05 Å². The van der Waals surface area contributed by atoms with E-state index in [1.807, 2.05) is 0 Å². The maximum atomic E-state index is 13.2. The summed E-state index contributed by atoms with van der Waals surface area (Å²) in [5.41, 5.74) is 1.20. The van der Waals surface area contributed by atoms with Crippen LogP contribution >= 0.6 is 15.9 Å². The molecule has 0 bridgehead atoms. The topological polar surface area (TPSA) is 55.1 Å². The second-order valence-electron chi connectivity index (χ2n) is 3.93. The number of aromatic nitrogens is 2. The number of aryl methyl sites for hydroxylation is 1. The zero-order valence-corrected chi connectivity index (χ0v) is 11.4. The molecule has 0 saturated carbocycles. The minimum absolute atomic E-state index is 0.215. The Morgan fingerprint density at radius 2 is 2.11 bits per heavy atom. The number of carboxylic acid groups (broad SMARTS) is 1. The zero-order valence-electron chi connectivity index (χ0n) is 9.82. The van der Waals surface area contributed by atoms with Crippen LogP contribution < -0.4 is 0 Å². The lowest BCUT2D eigenvalue weighted by molar-refractivity contribution is -0.136. The molecule has 0 aliphatic heterocycles. The van der Waals surface area contributed by atoms with Crippen LogP contribution in [-0.2, 0) is 18.3 Å². The third-order valence-electron chi connectivity index (χ3n) is 2.61. The van der Waals surface area contributed by atoms with Gasteiger partial charge < -0.3 is 5.11 Å². The van der Waals surface area contributed by atoms with Crippen molar-refractivity contribution in [1.82, 2.24) is 9.78 Å². The summed E-state index contributed by atoms with van der Waals surface area (Å²) in [5.74, 6) is -2.92. The molecule has 0 saturated heterocycles. The third-order valence-corrected chi connectivity index (χ3v) is 3.45. The molecule has 0 spiro atoms. The van der Waals surface area contributed by atoms with Gasteiger partial charge in [0.2, 0.25) is 0 Å². The van der Waals surface area contributed by atoms with E-state index in [0.29, 0.717) is 21.4 Å². The fraction of sp³-hybridized carbons (Fsp3) is 0.167. The first kappa shape index (κ1) is 13.7. The molecule has 7 heteroatoms. The van der Waals surface area contributed by atoms with Gasteiger partial charge in [-0.15, -0.1) is 0 Å². The van der Waals surface area contributed by atoms with Crippen molar-refractivity contribution in [2.75, 3.05) is 0 Å².